The second-order valence-electron chi connectivity index (χ2n) is 12.1. The van der Waals surface area contributed by atoms with E-state index in [0.717, 1.165) is 58.8 Å². The third kappa shape index (κ3) is 6.70. The second-order valence-corrected chi connectivity index (χ2v) is 12.1. The summed E-state index contributed by atoms with van der Waals surface area (Å²) in [4.78, 5) is 4.46. The predicted molar refractivity (Wildman–Crippen MR) is 202 cm³/mol. The lowest BCUT2D eigenvalue weighted by molar-refractivity contribution is 1.07. The molecule has 0 amide bonds. The molecule has 0 N–H and O–H groups in total. The largest absolute Gasteiger partial charge is 0.345 e. The molecule has 3 nitrogen and oxygen atoms in total. The minimum atomic E-state index is 0.663. The van der Waals surface area contributed by atoms with E-state index in [4.69, 9.17) is 5.26 Å². The Morgan fingerprint density at radius 2 is 0.917 bits per heavy atom. The van der Waals surface area contributed by atoms with Crippen molar-refractivity contribution in [3.63, 3.8) is 0 Å². The lowest BCUT2D eigenvalue weighted by Crippen LogP contribution is -2.10. The number of benzene rings is 6. The van der Waals surface area contributed by atoms with Gasteiger partial charge in [0.05, 0.1) is 11.6 Å². The highest BCUT2D eigenvalue weighted by molar-refractivity contribution is 5.81. The molecule has 3 heteroatoms. The summed E-state index contributed by atoms with van der Waals surface area (Å²) in [5, 5.41) is 9.13. The predicted octanol–water partition coefficient (Wildman–Crippen LogP) is 12.3. The first-order valence-corrected chi connectivity index (χ1v) is 16.5. The Morgan fingerprint density at radius 3 is 1.42 bits per heavy atom. The van der Waals surface area contributed by atoms with Gasteiger partial charge in [0.1, 0.15) is 0 Å². The van der Waals surface area contributed by atoms with Gasteiger partial charge in [-0.15, -0.1) is 0 Å². The van der Waals surface area contributed by atoms with E-state index in [0.29, 0.717) is 5.56 Å². The summed E-state index contributed by atoms with van der Waals surface area (Å²) in [6.45, 7) is 0. The molecule has 0 aliphatic heterocycles. The molecule has 0 saturated heterocycles. The van der Waals surface area contributed by atoms with E-state index in [1.165, 1.54) is 22.3 Å². The number of hydrogen-bond donors (Lipinski definition) is 0. The fourth-order valence-electron chi connectivity index (χ4n) is 6.32. The lowest BCUT2D eigenvalue weighted by Gasteiger charge is -2.26. The van der Waals surface area contributed by atoms with Gasteiger partial charge < -0.3 is 9.80 Å². The molecule has 0 fully saturated rings. The Hall–Kier alpha value is -6.11. The number of allylic oxidation sites excluding steroid dienone is 4. The van der Waals surface area contributed by atoms with E-state index in [-0.39, 0.29) is 0 Å². The summed E-state index contributed by atoms with van der Waals surface area (Å²) in [6.07, 6.45) is 10.1. The molecule has 6 aromatic rings. The van der Waals surface area contributed by atoms with Crippen LogP contribution in [0.4, 0.5) is 28.4 Å². The van der Waals surface area contributed by atoms with E-state index >= 15 is 0 Å². The highest BCUT2D eigenvalue weighted by Gasteiger charge is 2.14. The van der Waals surface area contributed by atoms with Gasteiger partial charge in [-0.1, -0.05) is 97.1 Å². The third-order valence-corrected chi connectivity index (χ3v) is 9.07. The molecule has 0 unspecified atom stereocenters. The minimum Gasteiger partial charge on any atom is -0.345 e. The molecule has 0 atom stereocenters. The van der Waals surface area contributed by atoms with Crippen LogP contribution in [0.1, 0.15) is 30.4 Å². The Kier molecular flexibility index (Phi) is 8.98. The monoisotopic (exact) mass is 619 g/mol. The molecular formula is C45H37N3. The topological polar surface area (TPSA) is 30.3 Å². The maximum atomic E-state index is 9.13. The SMILES string of the molecule is CN(c1ccc(C#N)cc1)c1ccc(-c2ccc(N(c3ccc(C4=CCC=CCC4)cc3)c3ccc(-c4ccccc4)cc3)cc2)cc1. The maximum absolute atomic E-state index is 9.13. The first-order chi connectivity index (χ1) is 23.7. The van der Waals surface area contributed by atoms with Gasteiger partial charge in [0.2, 0.25) is 0 Å². The summed E-state index contributed by atoms with van der Waals surface area (Å²) < 4.78 is 0. The van der Waals surface area contributed by atoms with Crippen LogP contribution in [0.25, 0.3) is 27.8 Å². The third-order valence-electron chi connectivity index (χ3n) is 9.07. The number of anilines is 5. The van der Waals surface area contributed by atoms with Crippen LogP contribution in [-0.2, 0) is 0 Å². The summed E-state index contributed by atoms with van der Waals surface area (Å²) >= 11 is 0. The Bertz CT molecular complexity index is 2070. The van der Waals surface area contributed by atoms with Crippen LogP contribution in [0.5, 0.6) is 0 Å². The Balaban J connectivity index is 1.17. The van der Waals surface area contributed by atoms with E-state index in [9.17, 15) is 0 Å². The first-order valence-electron chi connectivity index (χ1n) is 16.5. The average molecular weight is 620 g/mol. The van der Waals surface area contributed by atoms with Crippen LogP contribution >= 0.6 is 0 Å². The van der Waals surface area contributed by atoms with Gasteiger partial charge in [-0.3, -0.25) is 0 Å². The van der Waals surface area contributed by atoms with E-state index in [1.807, 2.05) is 31.3 Å². The molecule has 0 radical (unpaired) electrons. The van der Waals surface area contributed by atoms with Gasteiger partial charge in [0.15, 0.2) is 0 Å². The Morgan fingerprint density at radius 1 is 0.479 bits per heavy atom. The highest BCUT2D eigenvalue weighted by atomic mass is 15.1. The molecule has 6 aromatic carbocycles. The highest BCUT2D eigenvalue weighted by Crippen LogP contribution is 2.38. The van der Waals surface area contributed by atoms with Crippen LogP contribution in [0, 0.1) is 11.3 Å². The molecule has 0 aromatic heterocycles. The van der Waals surface area contributed by atoms with Crippen molar-refractivity contribution in [3.05, 3.63) is 181 Å². The number of rotatable bonds is 8. The van der Waals surface area contributed by atoms with E-state index in [2.05, 4.69) is 161 Å². The smallest absolute Gasteiger partial charge is 0.0991 e. The molecular weight excluding hydrogens is 583 g/mol. The van der Waals surface area contributed by atoms with Gasteiger partial charge in [-0.2, -0.15) is 5.26 Å². The number of nitriles is 1. The van der Waals surface area contributed by atoms with Crippen LogP contribution in [0.3, 0.4) is 0 Å². The first kappa shape index (κ1) is 30.5. The van der Waals surface area contributed by atoms with Crippen molar-refractivity contribution in [3.8, 4) is 28.3 Å². The molecule has 232 valence electrons. The molecule has 1 aliphatic rings. The fraction of sp³-hybridized carbons (Fsp3) is 0.0889. The van der Waals surface area contributed by atoms with E-state index < -0.39 is 0 Å². The summed E-state index contributed by atoms with van der Waals surface area (Å²) in [6, 6.07) is 55.7. The van der Waals surface area contributed by atoms with Crippen molar-refractivity contribution >= 4 is 34.0 Å². The van der Waals surface area contributed by atoms with Gasteiger partial charge >= 0.3 is 0 Å². The summed E-state index contributed by atoms with van der Waals surface area (Å²) in [7, 11) is 2.05. The summed E-state index contributed by atoms with van der Waals surface area (Å²) in [5.41, 5.74) is 13.6. The zero-order valence-electron chi connectivity index (χ0n) is 27.1. The van der Waals surface area contributed by atoms with Crippen LogP contribution in [-0.4, -0.2) is 7.05 Å². The van der Waals surface area contributed by atoms with Crippen molar-refractivity contribution < 1.29 is 0 Å². The molecule has 7 rings (SSSR count). The van der Waals surface area contributed by atoms with Gasteiger partial charge in [0.25, 0.3) is 0 Å². The average Bonchev–Trinajstić information content (AvgIpc) is 3.46. The fourth-order valence-corrected chi connectivity index (χ4v) is 6.32. The molecule has 0 spiro atoms. The van der Waals surface area contributed by atoms with Crippen LogP contribution < -0.4 is 9.80 Å². The number of nitrogens with zero attached hydrogens (tertiary/aromatic N) is 3. The van der Waals surface area contributed by atoms with Gasteiger partial charge in [-0.25, -0.2) is 0 Å². The molecule has 0 saturated carbocycles. The lowest BCUT2D eigenvalue weighted by atomic mass is 10.00. The molecule has 0 bridgehead atoms. The van der Waals surface area contributed by atoms with E-state index in [1.54, 1.807) is 0 Å². The summed E-state index contributed by atoms with van der Waals surface area (Å²) in [5.74, 6) is 0. The molecule has 48 heavy (non-hydrogen) atoms. The quantitative estimate of drug-likeness (QED) is 0.159. The van der Waals surface area contributed by atoms with Crippen molar-refractivity contribution in [2.75, 3.05) is 16.8 Å². The van der Waals surface area contributed by atoms with Crippen LogP contribution in [0.2, 0.25) is 0 Å². The number of hydrogen-bond acceptors (Lipinski definition) is 3. The normalized spacial score (nSPS) is 12.5. The van der Waals surface area contributed by atoms with Crippen molar-refractivity contribution in [2.24, 2.45) is 0 Å². The molecule has 1 aliphatic carbocycles. The zero-order valence-corrected chi connectivity index (χ0v) is 27.1. The van der Waals surface area contributed by atoms with Crippen molar-refractivity contribution in [2.45, 2.75) is 19.3 Å². The van der Waals surface area contributed by atoms with Crippen LogP contribution in [0.15, 0.2) is 170 Å². The second kappa shape index (κ2) is 14.1. The Labute approximate surface area is 284 Å². The standard InChI is InChI=1S/C45H37N3/c1-47(41-23-13-34(33-46)14-24-41)42-25-15-39(16-26-42)40-21-31-45(32-22-40)48(44-29-19-38(20-30-44)36-11-7-4-8-12-36)43-27-17-37(18-28-43)35-9-5-2-3-6-10-35/h2-4,7-9,11-32H,5-6,10H2,1H3. The molecule has 0 heterocycles. The zero-order chi connectivity index (χ0) is 32.7. The minimum absolute atomic E-state index is 0.663. The van der Waals surface area contributed by atoms with Gasteiger partial charge in [0, 0.05) is 35.5 Å². The maximum Gasteiger partial charge on any atom is 0.0991 e. The van der Waals surface area contributed by atoms with Crippen molar-refractivity contribution in [1.82, 2.24) is 0 Å². The van der Waals surface area contributed by atoms with Gasteiger partial charge in [-0.05, 0) is 125 Å². The van der Waals surface area contributed by atoms with Crippen molar-refractivity contribution in [1.29, 1.82) is 5.26 Å².